The van der Waals surface area contributed by atoms with E-state index in [1.165, 1.54) is 16.7 Å². The van der Waals surface area contributed by atoms with Crippen LogP contribution in [0.4, 0.5) is 11.4 Å². The second-order valence-corrected chi connectivity index (χ2v) is 5.93. The molecule has 0 amide bonds. The van der Waals surface area contributed by atoms with Gasteiger partial charge in [0.2, 0.25) is 0 Å². The van der Waals surface area contributed by atoms with E-state index in [1.807, 2.05) is 62.4 Å². The van der Waals surface area contributed by atoms with E-state index in [0.29, 0.717) is 0 Å². The van der Waals surface area contributed by atoms with E-state index < -0.39 is 0 Å². The molecule has 4 N–H and O–H groups in total. The molecule has 24 heavy (non-hydrogen) atoms. The predicted octanol–water partition coefficient (Wildman–Crippen LogP) is 5.46. The molecule has 0 spiro atoms. The van der Waals surface area contributed by atoms with Crippen molar-refractivity contribution in [2.24, 2.45) is 0 Å². The minimum Gasteiger partial charge on any atom is -0.399 e. The van der Waals surface area contributed by atoms with Gasteiger partial charge in [-0.3, -0.25) is 0 Å². The summed E-state index contributed by atoms with van der Waals surface area (Å²) in [6, 6.07) is 24.1. The average molecular weight is 320 g/mol. The van der Waals surface area contributed by atoms with Crippen LogP contribution in [-0.2, 0) is 0 Å². The normalized spacial score (nSPS) is 9.17. The number of anilines is 2. The van der Waals surface area contributed by atoms with Gasteiger partial charge in [0.25, 0.3) is 0 Å². The fourth-order valence-electron chi connectivity index (χ4n) is 1.89. The lowest BCUT2D eigenvalue weighted by molar-refractivity contribution is 1.40. The van der Waals surface area contributed by atoms with Crippen LogP contribution in [0.25, 0.3) is 0 Å². The van der Waals surface area contributed by atoms with Crippen LogP contribution >= 0.6 is 0 Å². The summed E-state index contributed by atoms with van der Waals surface area (Å²) >= 11 is 0. The summed E-state index contributed by atoms with van der Waals surface area (Å²) < 4.78 is 0. The second kappa shape index (κ2) is 10.1. The summed E-state index contributed by atoms with van der Waals surface area (Å²) in [5.41, 5.74) is 17.7. The molecule has 0 heterocycles. The molecule has 0 aliphatic rings. The van der Waals surface area contributed by atoms with Crippen LogP contribution in [0, 0.1) is 27.7 Å². The molecular weight excluding hydrogens is 292 g/mol. The molecule has 0 aliphatic heterocycles. The Bertz CT molecular complexity index is 672. The molecule has 0 aliphatic carbocycles. The molecule has 2 heteroatoms. The lowest BCUT2D eigenvalue weighted by atomic mass is 10.2. The van der Waals surface area contributed by atoms with E-state index in [9.17, 15) is 0 Å². The first-order valence-electron chi connectivity index (χ1n) is 8.05. The third kappa shape index (κ3) is 8.04. The average Bonchev–Trinajstić information content (AvgIpc) is 2.54. The largest absolute Gasteiger partial charge is 0.399 e. The van der Waals surface area contributed by atoms with E-state index in [0.717, 1.165) is 16.9 Å². The van der Waals surface area contributed by atoms with Gasteiger partial charge in [-0.05, 0) is 57.0 Å². The van der Waals surface area contributed by atoms with Crippen LogP contribution in [0.1, 0.15) is 22.3 Å². The Kier molecular flexibility index (Phi) is 8.14. The van der Waals surface area contributed by atoms with Gasteiger partial charge in [0, 0.05) is 11.4 Å². The van der Waals surface area contributed by atoms with Crippen molar-refractivity contribution < 1.29 is 0 Å². The molecule has 0 unspecified atom stereocenters. The van der Waals surface area contributed by atoms with Gasteiger partial charge < -0.3 is 11.5 Å². The lowest BCUT2D eigenvalue weighted by Crippen LogP contribution is -1.85. The monoisotopic (exact) mass is 320 g/mol. The highest BCUT2D eigenvalue weighted by atomic mass is 14.5. The van der Waals surface area contributed by atoms with Crippen molar-refractivity contribution >= 4 is 11.4 Å². The van der Waals surface area contributed by atoms with Gasteiger partial charge in [0.05, 0.1) is 0 Å². The number of hydrogen-bond acceptors (Lipinski definition) is 2. The quantitative estimate of drug-likeness (QED) is 0.540. The Morgan fingerprint density at radius 3 is 1.42 bits per heavy atom. The zero-order valence-corrected chi connectivity index (χ0v) is 15.1. The maximum absolute atomic E-state index is 5.52. The number of benzene rings is 3. The number of nitrogen functional groups attached to an aromatic ring is 2. The highest BCUT2D eigenvalue weighted by Crippen LogP contribution is 2.06. The van der Waals surface area contributed by atoms with Gasteiger partial charge in [-0.15, -0.1) is 0 Å². The van der Waals surface area contributed by atoms with E-state index >= 15 is 0 Å². The Labute approximate surface area is 146 Å². The van der Waals surface area contributed by atoms with Crippen LogP contribution in [0.3, 0.4) is 0 Å². The molecule has 126 valence electrons. The summed E-state index contributed by atoms with van der Waals surface area (Å²) in [6.45, 7) is 8.21. The van der Waals surface area contributed by atoms with Crippen molar-refractivity contribution in [3.8, 4) is 0 Å². The lowest BCUT2D eigenvalue weighted by Gasteiger charge is -1.93. The molecule has 0 atom stereocenters. The first-order chi connectivity index (χ1) is 11.4. The Hall–Kier alpha value is -2.74. The topological polar surface area (TPSA) is 52.0 Å². The van der Waals surface area contributed by atoms with Gasteiger partial charge in [0.15, 0.2) is 0 Å². The highest BCUT2D eigenvalue weighted by Gasteiger charge is 1.84. The molecule has 0 saturated carbocycles. The first-order valence-corrected chi connectivity index (χ1v) is 8.05. The van der Waals surface area contributed by atoms with Crippen molar-refractivity contribution in [1.29, 1.82) is 0 Å². The van der Waals surface area contributed by atoms with Crippen LogP contribution in [-0.4, -0.2) is 0 Å². The van der Waals surface area contributed by atoms with Crippen LogP contribution in [0.2, 0.25) is 0 Å². The fourth-order valence-corrected chi connectivity index (χ4v) is 1.89. The molecule has 2 nitrogen and oxygen atoms in total. The molecular formula is C22H28N2. The first kappa shape index (κ1) is 19.3. The molecule has 0 radical (unpaired) electrons. The Morgan fingerprint density at radius 1 is 0.542 bits per heavy atom. The zero-order valence-electron chi connectivity index (χ0n) is 15.1. The summed E-state index contributed by atoms with van der Waals surface area (Å²) in [7, 11) is 0. The second-order valence-electron chi connectivity index (χ2n) is 5.93. The number of nitrogens with two attached hydrogens (primary N) is 2. The third-order valence-electron chi connectivity index (χ3n) is 3.45. The van der Waals surface area contributed by atoms with Gasteiger partial charge in [-0.25, -0.2) is 0 Å². The van der Waals surface area contributed by atoms with E-state index in [1.54, 1.807) is 0 Å². The smallest absolute Gasteiger partial charge is 0.0343 e. The summed E-state index contributed by atoms with van der Waals surface area (Å²) in [6.07, 6.45) is 0. The van der Waals surface area contributed by atoms with E-state index in [-0.39, 0.29) is 0 Å². The van der Waals surface area contributed by atoms with Gasteiger partial charge in [-0.2, -0.15) is 0 Å². The number of hydrogen-bond donors (Lipinski definition) is 2. The molecule has 0 saturated heterocycles. The van der Waals surface area contributed by atoms with Crippen molar-refractivity contribution in [3.63, 3.8) is 0 Å². The van der Waals surface area contributed by atoms with Crippen molar-refractivity contribution in [1.82, 2.24) is 0 Å². The Morgan fingerprint density at radius 2 is 1.08 bits per heavy atom. The molecule has 3 rings (SSSR count). The fraction of sp³-hybridized carbons (Fsp3) is 0.182. The molecule has 0 aromatic heterocycles. The summed E-state index contributed by atoms with van der Waals surface area (Å²) in [5.74, 6) is 0. The molecule has 3 aromatic rings. The number of aryl methyl sites for hydroxylation is 4. The van der Waals surface area contributed by atoms with Gasteiger partial charge >= 0.3 is 0 Å². The van der Waals surface area contributed by atoms with Crippen LogP contribution in [0.5, 0.6) is 0 Å². The van der Waals surface area contributed by atoms with Gasteiger partial charge in [0.1, 0.15) is 0 Å². The van der Waals surface area contributed by atoms with Gasteiger partial charge in [-0.1, -0.05) is 65.7 Å². The van der Waals surface area contributed by atoms with Crippen molar-refractivity contribution in [2.45, 2.75) is 27.7 Å². The highest BCUT2D eigenvalue weighted by molar-refractivity contribution is 5.45. The minimum absolute atomic E-state index is 0.838. The SMILES string of the molecule is Cc1ccc(C)cc1.Cc1cccc(N)c1.Cc1ccccc1N. The third-order valence-corrected chi connectivity index (χ3v) is 3.45. The van der Waals surface area contributed by atoms with Crippen LogP contribution in [0.15, 0.2) is 72.8 Å². The minimum atomic E-state index is 0.838. The zero-order chi connectivity index (χ0) is 17.9. The van der Waals surface area contributed by atoms with Crippen molar-refractivity contribution in [3.05, 3.63) is 95.1 Å². The van der Waals surface area contributed by atoms with Crippen LogP contribution < -0.4 is 11.5 Å². The number of para-hydroxylation sites is 1. The molecule has 3 aromatic carbocycles. The van der Waals surface area contributed by atoms with Crippen molar-refractivity contribution in [2.75, 3.05) is 11.5 Å². The predicted molar refractivity (Wildman–Crippen MR) is 107 cm³/mol. The Balaban J connectivity index is 0.000000180. The number of rotatable bonds is 0. The maximum atomic E-state index is 5.52. The summed E-state index contributed by atoms with van der Waals surface area (Å²) in [4.78, 5) is 0. The standard InChI is InChI=1S/C8H10.2C7H9N/c1-7-3-5-8(2)6-4-7;1-6-3-2-4-7(8)5-6;1-6-4-2-3-5-7(6)8/h3-6H,1-2H3;2*2-5H,8H2,1H3. The molecule has 0 fully saturated rings. The van der Waals surface area contributed by atoms with E-state index in [4.69, 9.17) is 11.5 Å². The molecule has 0 bridgehead atoms. The maximum Gasteiger partial charge on any atom is 0.0343 e. The van der Waals surface area contributed by atoms with E-state index in [2.05, 4.69) is 38.1 Å². The summed E-state index contributed by atoms with van der Waals surface area (Å²) in [5, 5.41) is 0.